The molecule has 0 spiro atoms. The van der Waals surface area contributed by atoms with E-state index < -0.39 is 0 Å². The third kappa shape index (κ3) is 2.57. The molecule has 2 fully saturated rings. The van der Waals surface area contributed by atoms with Crippen LogP contribution in [0, 0.1) is 5.92 Å². The molecule has 0 radical (unpaired) electrons. The van der Waals surface area contributed by atoms with Crippen molar-refractivity contribution in [2.75, 3.05) is 6.54 Å². The Hall–Kier alpha value is -1.42. The fourth-order valence-electron chi connectivity index (χ4n) is 3.70. The van der Waals surface area contributed by atoms with Gasteiger partial charge in [0.05, 0.1) is 0 Å². The summed E-state index contributed by atoms with van der Waals surface area (Å²) in [7, 11) is 0. The second-order valence-electron chi connectivity index (χ2n) is 6.01. The van der Waals surface area contributed by atoms with Crippen molar-refractivity contribution in [1.29, 1.82) is 0 Å². The smallest absolute Gasteiger partial charge is 0.272 e. The van der Waals surface area contributed by atoms with Gasteiger partial charge in [0.2, 0.25) is 0 Å². The Bertz CT molecular complexity index is 469. The van der Waals surface area contributed by atoms with Crippen LogP contribution >= 0.6 is 0 Å². The van der Waals surface area contributed by atoms with Gasteiger partial charge in [-0.1, -0.05) is 18.9 Å². The van der Waals surface area contributed by atoms with Gasteiger partial charge in [-0.3, -0.25) is 9.78 Å². The molecule has 2 N–H and O–H groups in total. The summed E-state index contributed by atoms with van der Waals surface area (Å²) in [4.78, 5) is 19.1. The highest BCUT2D eigenvalue weighted by molar-refractivity contribution is 5.92. The van der Waals surface area contributed by atoms with Crippen LogP contribution in [0.3, 0.4) is 0 Å². The quantitative estimate of drug-likeness (QED) is 0.899. The lowest BCUT2D eigenvalue weighted by atomic mass is 9.78. The van der Waals surface area contributed by atoms with E-state index in [9.17, 15) is 4.79 Å². The normalized spacial score (nSPS) is 26.1. The molecule has 0 unspecified atom stereocenters. The number of amides is 1. The zero-order valence-electron chi connectivity index (χ0n) is 11.9. The molecule has 1 saturated carbocycles. The Morgan fingerprint density at radius 1 is 1.25 bits per heavy atom. The maximum absolute atomic E-state index is 12.7. The first kappa shape index (κ1) is 13.6. The van der Waals surface area contributed by atoms with Gasteiger partial charge in [0.15, 0.2) is 0 Å². The molecule has 0 aromatic carbocycles. The molecule has 2 atom stereocenters. The van der Waals surface area contributed by atoms with Crippen molar-refractivity contribution in [3.63, 3.8) is 0 Å². The van der Waals surface area contributed by atoms with E-state index in [0.717, 1.165) is 24.9 Å². The van der Waals surface area contributed by atoms with Gasteiger partial charge in [-0.15, -0.1) is 0 Å². The van der Waals surface area contributed by atoms with Crippen molar-refractivity contribution in [3.05, 3.63) is 29.6 Å². The molecule has 1 aromatic rings. The largest absolute Gasteiger partial charge is 0.334 e. The van der Waals surface area contributed by atoms with Gasteiger partial charge >= 0.3 is 0 Å². The Labute approximate surface area is 120 Å². The van der Waals surface area contributed by atoms with Gasteiger partial charge in [-0.2, -0.15) is 0 Å². The van der Waals surface area contributed by atoms with Gasteiger partial charge in [-0.05, 0) is 43.2 Å². The Balaban J connectivity index is 1.77. The third-order valence-corrected chi connectivity index (χ3v) is 4.78. The van der Waals surface area contributed by atoms with Crippen LogP contribution < -0.4 is 5.73 Å². The standard InChI is InChI=1S/C16H23N3O/c17-10-12-7-8-14(18-11-12)16(20)19-9-3-5-13-4-1-2-6-15(13)19/h7-8,11,13,15H,1-6,9-10,17H2/t13-,15-/m1/s1. The highest BCUT2D eigenvalue weighted by Gasteiger charge is 2.36. The molecular formula is C16H23N3O. The lowest BCUT2D eigenvalue weighted by molar-refractivity contribution is 0.0385. The van der Waals surface area contributed by atoms with Crippen LogP contribution in [0.25, 0.3) is 0 Å². The molecule has 1 aromatic heterocycles. The fourth-order valence-corrected chi connectivity index (χ4v) is 3.70. The van der Waals surface area contributed by atoms with Crippen LogP contribution in [-0.4, -0.2) is 28.4 Å². The van der Waals surface area contributed by atoms with Crippen molar-refractivity contribution < 1.29 is 4.79 Å². The van der Waals surface area contributed by atoms with Gasteiger partial charge < -0.3 is 10.6 Å². The van der Waals surface area contributed by atoms with E-state index in [1.807, 2.05) is 12.1 Å². The number of carbonyl (C=O) groups is 1. The summed E-state index contributed by atoms with van der Waals surface area (Å²) in [6, 6.07) is 4.17. The first-order valence-electron chi connectivity index (χ1n) is 7.75. The summed E-state index contributed by atoms with van der Waals surface area (Å²) in [6.07, 6.45) is 9.17. The predicted octanol–water partition coefficient (Wildman–Crippen LogP) is 2.34. The average Bonchev–Trinajstić information content (AvgIpc) is 2.54. The van der Waals surface area contributed by atoms with Gasteiger partial charge in [0.1, 0.15) is 5.69 Å². The van der Waals surface area contributed by atoms with Crippen LogP contribution in [-0.2, 0) is 6.54 Å². The van der Waals surface area contributed by atoms with Crippen LogP contribution in [0.4, 0.5) is 0 Å². The maximum Gasteiger partial charge on any atom is 0.272 e. The van der Waals surface area contributed by atoms with Crippen molar-refractivity contribution in [2.24, 2.45) is 11.7 Å². The number of hydrogen-bond donors (Lipinski definition) is 1. The summed E-state index contributed by atoms with van der Waals surface area (Å²) in [5.74, 6) is 0.815. The molecule has 2 aliphatic rings. The highest BCUT2D eigenvalue weighted by Crippen LogP contribution is 2.35. The van der Waals surface area contributed by atoms with E-state index in [1.54, 1.807) is 6.20 Å². The minimum absolute atomic E-state index is 0.102. The average molecular weight is 273 g/mol. The van der Waals surface area contributed by atoms with E-state index in [4.69, 9.17) is 5.73 Å². The Kier molecular flexibility index (Phi) is 4.01. The molecule has 1 aliphatic heterocycles. The molecule has 1 amide bonds. The van der Waals surface area contributed by atoms with E-state index in [2.05, 4.69) is 9.88 Å². The van der Waals surface area contributed by atoms with Crippen molar-refractivity contribution in [3.8, 4) is 0 Å². The SMILES string of the molecule is NCc1ccc(C(=O)N2CCC[C@H]3CCCC[C@H]32)nc1. The number of carbonyl (C=O) groups excluding carboxylic acids is 1. The number of pyridine rings is 1. The van der Waals surface area contributed by atoms with E-state index in [1.165, 1.54) is 25.7 Å². The predicted molar refractivity (Wildman–Crippen MR) is 78.1 cm³/mol. The number of piperidine rings is 1. The molecule has 108 valence electrons. The fraction of sp³-hybridized carbons (Fsp3) is 0.625. The van der Waals surface area contributed by atoms with Crippen LogP contribution in [0.5, 0.6) is 0 Å². The minimum Gasteiger partial charge on any atom is -0.334 e. The van der Waals surface area contributed by atoms with Crippen molar-refractivity contribution in [2.45, 2.75) is 51.1 Å². The first-order valence-corrected chi connectivity index (χ1v) is 7.75. The van der Waals surface area contributed by atoms with E-state index >= 15 is 0 Å². The minimum atomic E-state index is 0.102. The lowest BCUT2D eigenvalue weighted by Gasteiger charge is -2.44. The molecule has 4 nitrogen and oxygen atoms in total. The number of nitrogens with zero attached hydrogens (tertiary/aromatic N) is 2. The number of nitrogens with two attached hydrogens (primary N) is 1. The van der Waals surface area contributed by atoms with Gasteiger partial charge in [-0.25, -0.2) is 0 Å². The topological polar surface area (TPSA) is 59.2 Å². The van der Waals surface area contributed by atoms with Crippen LogP contribution in [0.1, 0.15) is 54.6 Å². The third-order valence-electron chi connectivity index (χ3n) is 4.78. The summed E-state index contributed by atoms with van der Waals surface area (Å²) in [6.45, 7) is 1.36. The molecule has 2 heterocycles. The van der Waals surface area contributed by atoms with Crippen molar-refractivity contribution in [1.82, 2.24) is 9.88 Å². The number of fused-ring (bicyclic) bond motifs is 1. The summed E-state index contributed by atoms with van der Waals surface area (Å²) < 4.78 is 0. The maximum atomic E-state index is 12.7. The zero-order valence-corrected chi connectivity index (χ0v) is 11.9. The molecular weight excluding hydrogens is 250 g/mol. The first-order chi connectivity index (χ1) is 9.79. The molecule has 4 heteroatoms. The second kappa shape index (κ2) is 5.92. The Morgan fingerprint density at radius 2 is 2.05 bits per heavy atom. The second-order valence-corrected chi connectivity index (χ2v) is 6.01. The van der Waals surface area contributed by atoms with Crippen LogP contribution in [0.15, 0.2) is 18.3 Å². The molecule has 1 saturated heterocycles. The monoisotopic (exact) mass is 273 g/mol. The Morgan fingerprint density at radius 3 is 2.80 bits per heavy atom. The number of likely N-dealkylation sites (tertiary alicyclic amines) is 1. The van der Waals surface area contributed by atoms with E-state index in [-0.39, 0.29) is 5.91 Å². The number of hydrogen-bond acceptors (Lipinski definition) is 3. The molecule has 1 aliphatic carbocycles. The molecule has 3 rings (SSSR count). The molecule has 0 bridgehead atoms. The number of rotatable bonds is 2. The molecule has 20 heavy (non-hydrogen) atoms. The number of aromatic nitrogens is 1. The van der Waals surface area contributed by atoms with Crippen molar-refractivity contribution >= 4 is 5.91 Å². The van der Waals surface area contributed by atoms with Gasteiger partial charge in [0, 0.05) is 25.3 Å². The summed E-state index contributed by atoms with van der Waals surface area (Å²) in [5, 5.41) is 0. The highest BCUT2D eigenvalue weighted by atomic mass is 16.2. The van der Waals surface area contributed by atoms with Crippen LogP contribution in [0.2, 0.25) is 0 Å². The van der Waals surface area contributed by atoms with E-state index in [0.29, 0.717) is 24.2 Å². The lowest BCUT2D eigenvalue weighted by Crippen LogP contribution is -2.49. The summed E-state index contributed by atoms with van der Waals surface area (Å²) >= 11 is 0. The summed E-state index contributed by atoms with van der Waals surface area (Å²) in [5.41, 5.74) is 7.10. The van der Waals surface area contributed by atoms with Gasteiger partial charge in [0.25, 0.3) is 5.91 Å². The zero-order chi connectivity index (χ0) is 13.9.